The minimum Gasteiger partial charge on any atom is -0.340 e. The van der Waals surface area contributed by atoms with Gasteiger partial charge in [0, 0.05) is 13.1 Å². The zero-order valence-corrected chi connectivity index (χ0v) is 12.9. The lowest BCUT2D eigenvalue weighted by Crippen LogP contribution is -2.33. The van der Waals surface area contributed by atoms with Crippen molar-refractivity contribution in [2.75, 3.05) is 18.4 Å². The molecule has 0 saturated carbocycles. The molecule has 1 N–H and O–H groups in total. The number of likely N-dealkylation sites (tertiary alicyclic amines) is 1. The number of halogens is 1. The summed E-state index contributed by atoms with van der Waals surface area (Å²) in [7, 11) is 0. The summed E-state index contributed by atoms with van der Waals surface area (Å²) in [6, 6.07) is 3.39. The Balaban J connectivity index is 1.61. The van der Waals surface area contributed by atoms with Gasteiger partial charge >= 0.3 is 0 Å². The van der Waals surface area contributed by atoms with Gasteiger partial charge in [0.15, 0.2) is 5.82 Å². The maximum atomic E-state index is 12.1. The molecule has 7 nitrogen and oxygen atoms in total. The van der Waals surface area contributed by atoms with Gasteiger partial charge in [-0.25, -0.2) is 4.98 Å². The number of pyridine rings is 1. The van der Waals surface area contributed by atoms with Crippen molar-refractivity contribution in [1.82, 2.24) is 20.0 Å². The number of nitrogens with zero attached hydrogens (tertiary/aromatic N) is 4. The van der Waals surface area contributed by atoms with Gasteiger partial charge in [-0.1, -0.05) is 16.8 Å². The van der Waals surface area contributed by atoms with E-state index >= 15 is 0 Å². The van der Waals surface area contributed by atoms with Crippen molar-refractivity contribution in [2.24, 2.45) is 0 Å². The molecule has 8 heteroatoms. The minimum absolute atomic E-state index is 0.0291. The molecule has 22 heavy (non-hydrogen) atoms. The zero-order valence-electron chi connectivity index (χ0n) is 12.1. The van der Waals surface area contributed by atoms with Crippen molar-refractivity contribution >= 4 is 23.3 Å². The molecule has 1 amide bonds. The Morgan fingerprint density at radius 1 is 1.55 bits per heavy atom. The highest BCUT2D eigenvalue weighted by Crippen LogP contribution is 2.29. The summed E-state index contributed by atoms with van der Waals surface area (Å²) >= 11 is 5.77. The topological polar surface area (TPSA) is 84.2 Å². The van der Waals surface area contributed by atoms with Crippen LogP contribution >= 0.6 is 11.6 Å². The predicted molar refractivity (Wildman–Crippen MR) is 80.5 cm³/mol. The molecule has 0 aromatic carbocycles. The number of hydrogen-bond donors (Lipinski definition) is 1. The molecule has 0 aliphatic carbocycles. The van der Waals surface area contributed by atoms with Crippen LogP contribution < -0.4 is 5.32 Å². The van der Waals surface area contributed by atoms with Crippen LogP contribution in [0.5, 0.6) is 0 Å². The summed E-state index contributed by atoms with van der Waals surface area (Å²) in [5.74, 6) is 1.55. The molecule has 0 unspecified atom stereocenters. The average Bonchev–Trinajstić information content (AvgIpc) is 3.10. The van der Waals surface area contributed by atoms with Crippen molar-refractivity contribution in [3.8, 4) is 0 Å². The molecule has 0 spiro atoms. The smallest absolute Gasteiger partial charge is 0.239 e. The maximum Gasteiger partial charge on any atom is 0.239 e. The van der Waals surface area contributed by atoms with Crippen LogP contribution in [-0.2, 0) is 4.79 Å². The van der Waals surface area contributed by atoms with Gasteiger partial charge in [-0.2, -0.15) is 4.98 Å². The van der Waals surface area contributed by atoms with E-state index in [-0.39, 0.29) is 18.5 Å². The van der Waals surface area contributed by atoms with Gasteiger partial charge in [0.1, 0.15) is 5.82 Å². The quantitative estimate of drug-likeness (QED) is 0.929. The summed E-state index contributed by atoms with van der Waals surface area (Å²) in [4.78, 5) is 22.5. The van der Waals surface area contributed by atoms with Gasteiger partial charge in [0.25, 0.3) is 0 Å². The molecule has 1 aliphatic heterocycles. The second-order valence-corrected chi connectivity index (χ2v) is 5.65. The fourth-order valence-corrected chi connectivity index (χ4v) is 2.69. The van der Waals surface area contributed by atoms with Gasteiger partial charge in [-0.15, -0.1) is 0 Å². The van der Waals surface area contributed by atoms with Crippen LogP contribution in [-0.4, -0.2) is 39.0 Å². The molecule has 1 saturated heterocycles. The van der Waals surface area contributed by atoms with Crippen LogP contribution in [0, 0.1) is 6.92 Å². The minimum atomic E-state index is -0.123. The van der Waals surface area contributed by atoms with Crippen molar-refractivity contribution in [3.63, 3.8) is 0 Å². The Hall–Kier alpha value is -1.99. The van der Waals surface area contributed by atoms with Crippen LogP contribution in [0.2, 0.25) is 5.02 Å². The number of anilines is 1. The Kier molecular flexibility index (Phi) is 4.35. The lowest BCUT2D eigenvalue weighted by Gasteiger charge is -2.20. The number of amides is 1. The highest BCUT2D eigenvalue weighted by atomic mass is 35.5. The van der Waals surface area contributed by atoms with E-state index in [4.69, 9.17) is 16.1 Å². The first-order chi connectivity index (χ1) is 10.6. The molecule has 0 radical (unpaired) electrons. The highest BCUT2D eigenvalue weighted by molar-refractivity contribution is 6.30. The van der Waals surface area contributed by atoms with E-state index in [1.807, 2.05) is 0 Å². The third-order valence-electron chi connectivity index (χ3n) is 3.55. The van der Waals surface area contributed by atoms with Gasteiger partial charge < -0.3 is 9.84 Å². The standard InChI is InChI=1S/C14H16ClN5O2/c1-9-17-14(19-22-9)11-3-2-6-20(11)8-13(21)18-12-5-4-10(15)7-16-12/h4-5,7,11H,2-3,6,8H2,1H3,(H,16,18,21)/t11-/m1/s1. The lowest BCUT2D eigenvalue weighted by molar-refractivity contribution is -0.117. The monoisotopic (exact) mass is 321 g/mol. The second-order valence-electron chi connectivity index (χ2n) is 5.21. The van der Waals surface area contributed by atoms with E-state index in [1.165, 1.54) is 6.20 Å². The number of nitrogens with one attached hydrogen (secondary N) is 1. The first-order valence-electron chi connectivity index (χ1n) is 7.07. The van der Waals surface area contributed by atoms with Crippen LogP contribution in [0.4, 0.5) is 5.82 Å². The number of carbonyl (C=O) groups excluding carboxylic acids is 1. The Morgan fingerprint density at radius 2 is 2.41 bits per heavy atom. The average molecular weight is 322 g/mol. The second kappa shape index (κ2) is 6.41. The number of aromatic nitrogens is 3. The maximum absolute atomic E-state index is 12.1. The molecule has 3 heterocycles. The molecular weight excluding hydrogens is 306 g/mol. The predicted octanol–water partition coefficient (Wildman–Crippen LogP) is 2.20. The Labute approximate surface area is 132 Å². The van der Waals surface area contributed by atoms with Crippen molar-refractivity contribution < 1.29 is 9.32 Å². The molecule has 3 rings (SSSR count). The molecule has 2 aromatic heterocycles. The summed E-state index contributed by atoms with van der Waals surface area (Å²) < 4.78 is 5.03. The Bertz CT molecular complexity index is 658. The SMILES string of the molecule is Cc1nc([C@H]2CCCN2CC(=O)Nc2ccc(Cl)cn2)no1. The number of carbonyl (C=O) groups is 1. The number of hydrogen-bond acceptors (Lipinski definition) is 6. The summed E-state index contributed by atoms with van der Waals surface area (Å²) in [6.45, 7) is 2.86. The molecule has 0 bridgehead atoms. The Morgan fingerprint density at radius 3 is 3.09 bits per heavy atom. The first kappa shape index (κ1) is 14.9. The van der Waals surface area contributed by atoms with Crippen LogP contribution in [0.1, 0.15) is 30.6 Å². The largest absolute Gasteiger partial charge is 0.340 e. The lowest BCUT2D eigenvalue weighted by atomic mass is 10.2. The summed E-state index contributed by atoms with van der Waals surface area (Å²) in [5, 5.41) is 7.25. The fraction of sp³-hybridized carbons (Fsp3) is 0.429. The normalized spacial score (nSPS) is 18.5. The first-order valence-corrected chi connectivity index (χ1v) is 7.45. The van der Waals surface area contributed by atoms with E-state index in [0.717, 1.165) is 19.4 Å². The van der Waals surface area contributed by atoms with Gasteiger partial charge in [0.05, 0.1) is 17.6 Å². The number of rotatable bonds is 4. The molecule has 1 aliphatic rings. The summed E-state index contributed by atoms with van der Waals surface area (Å²) in [6.07, 6.45) is 3.42. The third-order valence-corrected chi connectivity index (χ3v) is 3.77. The third kappa shape index (κ3) is 3.42. The van der Waals surface area contributed by atoms with Crippen molar-refractivity contribution in [2.45, 2.75) is 25.8 Å². The molecule has 2 aromatic rings. The molecule has 116 valence electrons. The summed E-state index contributed by atoms with van der Waals surface area (Å²) in [5.41, 5.74) is 0. The van der Waals surface area contributed by atoms with E-state index in [0.29, 0.717) is 22.6 Å². The number of aryl methyl sites for hydroxylation is 1. The molecule has 1 fully saturated rings. The van der Waals surface area contributed by atoms with E-state index in [9.17, 15) is 4.79 Å². The molecular formula is C14H16ClN5O2. The van der Waals surface area contributed by atoms with Gasteiger partial charge in [-0.3, -0.25) is 9.69 Å². The van der Waals surface area contributed by atoms with Gasteiger partial charge in [-0.05, 0) is 31.5 Å². The van der Waals surface area contributed by atoms with E-state index < -0.39 is 0 Å². The zero-order chi connectivity index (χ0) is 15.5. The fourth-order valence-electron chi connectivity index (χ4n) is 2.57. The molecule has 1 atom stereocenters. The van der Waals surface area contributed by atoms with E-state index in [2.05, 4.69) is 25.3 Å². The van der Waals surface area contributed by atoms with Crippen molar-refractivity contribution in [3.05, 3.63) is 35.1 Å². The highest BCUT2D eigenvalue weighted by Gasteiger charge is 2.31. The van der Waals surface area contributed by atoms with Crippen LogP contribution in [0.3, 0.4) is 0 Å². The van der Waals surface area contributed by atoms with E-state index in [1.54, 1.807) is 19.1 Å². The van der Waals surface area contributed by atoms with Crippen LogP contribution in [0.15, 0.2) is 22.9 Å². The van der Waals surface area contributed by atoms with Crippen LogP contribution in [0.25, 0.3) is 0 Å². The van der Waals surface area contributed by atoms with Crippen molar-refractivity contribution in [1.29, 1.82) is 0 Å². The van der Waals surface area contributed by atoms with Gasteiger partial charge in [0.2, 0.25) is 11.8 Å².